The average Bonchev–Trinajstić information content (AvgIpc) is 2.52. The number of carbonyl (C=O) groups excluding carboxylic acids is 1. The molecule has 0 unspecified atom stereocenters. The minimum atomic E-state index is -0.688. The van der Waals surface area contributed by atoms with Gasteiger partial charge in [-0.05, 0) is 45.4 Å². The quantitative estimate of drug-likeness (QED) is 0.623. The molecular formula is C19H21NO4. The van der Waals surface area contributed by atoms with Crippen LogP contribution in [0.15, 0.2) is 33.5 Å². The van der Waals surface area contributed by atoms with Crippen LogP contribution in [-0.4, -0.2) is 25.2 Å². The number of likely N-dealkylation sites (N-methyl/N-ethyl adjacent to an activating group) is 1. The normalized spacial score (nSPS) is 15.9. The van der Waals surface area contributed by atoms with E-state index in [4.69, 9.17) is 4.42 Å². The van der Waals surface area contributed by atoms with E-state index in [2.05, 4.69) is 43.4 Å². The number of anilines is 1. The molecule has 0 radical (unpaired) electrons. The summed E-state index contributed by atoms with van der Waals surface area (Å²) >= 11 is 0. The van der Waals surface area contributed by atoms with Crippen LogP contribution < -0.4 is 10.5 Å². The number of methoxy groups -OCH3 is 1. The molecular weight excluding hydrogens is 306 g/mol. The highest BCUT2D eigenvalue weighted by molar-refractivity contribution is 5.96. The van der Waals surface area contributed by atoms with Crippen molar-refractivity contribution in [3.8, 4) is 0 Å². The molecule has 0 saturated heterocycles. The van der Waals surface area contributed by atoms with Crippen LogP contribution in [0.2, 0.25) is 0 Å². The Bertz CT molecular complexity index is 921. The summed E-state index contributed by atoms with van der Waals surface area (Å²) < 4.78 is 10.0. The Balaban J connectivity index is 2.30. The van der Waals surface area contributed by atoms with Crippen molar-refractivity contribution in [3.63, 3.8) is 0 Å². The van der Waals surface area contributed by atoms with Crippen LogP contribution in [0.4, 0.5) is 5.69 Å². The molecule has 0 bridgehead atoms. The van der Waals surface area contributed by atoms with Crippen LogP contribution in [0.5, 0.6) is 0 Å². The van der Waals surface area contributed by atoms with Gasteiger partial charge < -0.3 is 14.1 Å². The van der Waals surface area contributed by atoms with Crippen LogP contribution in [0.1, 0.15) is 43.6 Å². The lowest BCUT2D eigenvalue weighted by atomic mass is 9.88. The molecule has 24 heavy (non-hydrogen) atoms. The van der Waals surface area contributed by atoms with Gasteiger partial charge >= 0.3 is 11.6 Å². The van der Waals surface area contributed by atoms with Crippen LogP contribution in [0.3, 0.4) is 0 Å². The van der Waals surface area contributed by atoms with E-state index in [1.807, 2.05) is 12.1 Å². The number of hydrogen-bond donors (Lipinski definition) is 0. The first-order valence-corrected chi connectivity index (χ1v) is 7.96. The molecule has 0 atom stereocenters. The van der Waals surface area contributed by atoms with E-state index in [-0.39, 0.29) is 11.1 Å². The fourth-order valence-corrected chi connectivity index (χ4v) is 3.52. The highest BCUT2D eigenvalue weighted by atomic mass is 16.5. The molecule has 2 aromatic rings. The molecule has 3 rings (SSSR count). The number of esters is 1. The Morgan fingerprint density at radius 1 is 1.29 bits per heavy atom. The molecule has 1 aliphatic heterocycles. The third kappa shape index (κ3) is 2.40. The molecule has 126 valence electrons. The first-order valence-electron chi connectivity index (χ1n) is 7.96. The van der Waals surface area contributed by atoms with E-state index in [9.17, 15) is 9.59 Å². The van der Waals surface area contributed by atoms with Gasteiger partial charge in [0, 0.05) is 29.2 Å². The molecule has 0 amide bonds. The molecule has 5 nitrogen and oxygen atoms in total. The number of benzene rings is 1. The maximum Gasteiger partial charge on any atom is 0.351 e. The van der Waals surface area contributed by atoms with Crippen LogP contribution in [0.25, 0.3) is 16.5 Å². The highest BCUT2D eigenvalue weighted by Gasteiger charge is 2.30. The topological polar surface area (TPSA) is 59.8 Å². The lowest BCUT2D eigenvalue weighted by Gasteiger charge is -2.42. The number of hydrogen-bond acceptors (Lipinski definition) is 5. The summed E-state index contributed by atoms with van der Waals surface area (Å²) in [7, 11) is 1.24. The van der Waals surface area contributed by atoms with Crippen molar-refractivity contribution >= 4 is 28.2 Å². The molecule has 0 spiro atoms. The van der Waals surface area contributed by atoms with Gasteiger partial charge in [0.05, 0.1) is 12.6 Å². The molecule has 0 aliphatic carbocycles. The Labute approximate surface area is 140 Å². The smallest absolute Gasteiger partial charge is 0.351 e. The highest BCUT2D eigenvalue weighted by Crippen LogP contribution is 2.40. The summed E-state index contributed by atoms with van der Waals surface area (Å²) in [6.07, 6.45) is 2.23. The van der Waals surface area contributed by atoms with Gasteiger partial charge in [0.25, 0.3) is 0 Å². The second-order valence-electron chi connectivity index (χ2n) is 6.57. The second kappa shape index (κ2) is 5.51. The Morgan fingerprint density at radius 2 is 2.00 bits per heavy atom. The first-order chi connectivity index (χ1) is 11.3. The zero-order valence-electron chi connectivity index (χ0n) is 14.6. The summed E-state index contributed by atoms with van der Waals surface area (Å²) in [4.78, 5) is 26.0. The molecule has 1 aromatic carbocycles. The van der Waals surface area contributed by atoms with E-state index >= 15 is 0 Å². The number of rotatable bonds is 2. The SMILES string of the molecule is CCN1c2cc3oc(=O)c(C(=O)OC)cc3cc2C(C)=CC1(C)C. The van der Waals surface area contributed by atoms with Crippen molar-refractivity contribution in [2.75, 3.05) is 18.6 Å². The lowest BCUT2D eigenvalue weighted by molar-refractivity contribution is 0.0596. The predicted molar refractivity (Wildman–Crippen MR) is 94.6 cm³/mol. The van der Waals surface area contributed by atoms with Crippen molar-refractivity contribution in [1.29, 1.82) is 0 Å². The molecule has 0 saturated carbocycles. The number of nitrogens with zero attached hydrogens (tertiary/aromatic N) is 1. The van der Waals surface area contributed by atoms with Gasteiger partial charge in [-0.3, -0.25) is 0 Å². The van der Waals surface area contributed by atoms with Crippen LogP contribution in [0, 0.1) is 0 Å². The Hall–Kier alpha value is -2.56. The van der Waals surface area contributed by atoms with Gasteiger partial charge in [0.15, 0.2) is 0 Å². The van der Waals surface area contributed by atoms with Gasteiger partial charge in [0.2, 0.25) is 0 Å². The summed E-state index contributed by atoms with van der Waals surface area (Å²) in [6, 6.07) is 5.38. The van der Waals surface area contributed by atoms with Gasteiger partial charge in [0.1, 0.15) is 11.1 Å². The maximum atomic E-state index is 12.1. The number of fused-ring (bicyclic) bond motifs is 2. The molecule has 5 heteroatoms. The van der Waals surface area contributed by atoms with E-state index < -0.39 is 11.6 Å². The zero-order valence-corrected chi connectivity index (χ0v) is 14.6. The van der Waals surface area contributed by atoms with E-state index in [0.717, 1.165) is 23.4 Å². The summed E-state index contributed by atoms with van der Waals surface area (Å²) in [6.45, 7) is 9.31. The molecule has 0 N–H and O–H groups in total. The Morgan fingerprint density at radius 3 is 2.62 bits per heavy atom. The summed E-state index contributed by atoms with van der Waals surface area (Å²) in [5.41, 5.74) is 2.85. The van der Waals surface area contributed by atoms with Crippen molar-refractivity contribution < 1.29 is 13.9 Å². The van der Waals surface area contributed by atoms with Gasteiger partial charge in [-0.1, -0.05) is 6.08 Å². The fourth-order valence-electron chi connectivity index (χ4n) is 3.52. The van der Waals surface area contributed by atoms with Gasteiger partial charge in [-0.25, -0.2) is 9.59 Å². The third-order valence-corrected chi connectivity index (χ3v) is 4.55. The summed E-state index contributed by atoms with van der Waals surface area (Å²) in [5, 5.41) is 0.706. The van der Waals surface area contributed by atoms with Crippen molar-refractivity contribution in [2.45, 2.75) is 33.2 Å². The van der Waals surface area contributed by atoms with E-state index in [0.29, 0.717) is 11.0 Å². The first kappa shape index (κ1) is 16.3. The number of allylic oxidation sites excluding steroid dienone is 1. The monoisotopic (exact) mass is 327 g/mol. The van der Waals surface area contributed by atoms with E-state index in [1.165, 1.54) is 13.2 Å². The molecule has 0 fully saturated rings. The lowest BCUT2D eigenvalue weighted by Crippen LogP contribution is -2.44. The Kier molecular flexibility index (Phi) is 3.74. The molecule has 1 aromatic heterocycles. The zero-order chi connectivity index (χ0) is 17.6. The number of carbonyl (C=O) groups is 1. The number of ether oxygens (including phenoxy) is 1. The largest absolute Gasteiger partial charge is 0.465 e. The minimum absolute atomic E-state index is 0.0879. The van der Waals surface area contributed by atoms with Crippen LogP contribution in [-0.2, 0) is 4.74 Å². The second-order valence-corrected chi connectivity index (χ2v) is 6.57. The van der Waals surface area contributed by atoms with Crippen molar-refractivity contribution in [1.82, 2.24) is 0 Å². The average molecular weight is 327 g/mol. The van der Waals surface area contributed by atoms with Crippen LogP contribution >= 0.6 is 0 Å². The molecule has 1 aliphatic rings. The van der Waals surface area contributed by atoms with Crippen molar-refractivity contribution in [2.24, 2.45) is 0 Å². The van der Waals surface area contributed by atoms with E-state index in [1.54, 1.807) is 0 Å². The maximum absolute atomic E-state index is 12.1. The summed E-state index contributed by atoms with van der Waals surface area (Å²) in [5.74, 6) is -0.688. The van der Waals surface area contributed by atoms with Crippen molar-refractivity contribution in [3.05, 3.63) is 45.8 Å². The third-order valence-electron chi connectivity index (χ3n) is 4.55. The fraction of sp³-hybridized carbons (Fsp3) is 0.368. The van der Waals surface area contributed by atoms with Gasteiger partial charge in [-0.2, -0.15) is 0 Å². The van der Waals surface area contributed by atoms with Gasteiger partial charge in [-0.15, -0.1) is 0 Å². The predicted octanol–water partition coefficient (Wildman–Crippen LogP) is 3.60. The standard InChI is InChI=1S/C19H21NO4/c1-6-20-15-9-16-12(7-13(15)11(2)10-19(20,3)4)8-14(17(21)23-5)18(22)24-16/h7-10H,6H2,1-5H3. The minimum Gasteiger partial charge on any atom is -0.465 e. The molecule has 2 heterocycles.